The molecule has 0 amide bonds. The van der Waals surface area contributed by atoms with E-state index >= 15 is 0 Å². The van der Waals surface area contributed by atoms with Gasteiger partial charge in [-0.3, -0.25) is 8.67 Å². The van der Waals surface area contributed by atoms with Crippen LogP contribution in [0, 0.1) is 0 Å². The summed E-state index contributed by atoms with van der Waals surface area (Å²) in [7, 11) is -4.42. The van der Waals surface area contributed by atoms with Gasteiger partial charge in [0.25, 0.3) is 0 Å². The van der Waals surface area contributed by atoms with Gasteiger partial charge in [-0.2, -0.15) is 0 Å². The standard InChI is InChI=1S/C24H48NO.C2H6O4S/c1-3-5-6-7-8-9-10-11-12-13-14-15-16-17-18-19-20-25(4-2)21-23-26-24-22-25;1-2-6-7(3,4)5/h19-20H,3-18,21-24H2,1-2H3;2H2,1H3,(H,3,4,5)/q+1;/p-1. The van der Waals surface area contributed by atoms with Crippen LogP contribution in [-0.4, -0.2) is 56.9 Å². The SMILES string of the molecule is CCCCCCCCCCCCCCCCC=C[N+]1(CC)CCOCC1.CCOS(=O)(=O)[O-]. The molecule has 0 atom stereocenters. The zero-order valence-electron chi connectivity index (χ0n) is 21.9. The van der Waals surface area contributed by atoms with Crippen LogP contribution in [0.1, 0.15) is 117 Å². The number of unbranched alkanes of at least 4 members (excludes halogenated alkanes) is 14. The van der Waals surface area contributed by atoms with Crippen molar-refractivity contribution in [3.63, 3.8) is 0 Å². The van der Waals surface area contributed by atoms with Crippen molar-refractivity contribution in [2.45, 2.75) is 117 Å². The second kappa shape index (κ2) is 22.0. The maximum absolute atomic E-state index is 9.45. The summed E-state index contributed by atoms with van der Waals surface area (Å²) in [6, 6.07) is 0. The number of rotatable bonds is 19. The Morgan fingerprint density at radius 2 is 1.24 bits per heavy atom. The fourth-order valence-electron chi connectivity index (χ4n) is 4.18. The van der Waals surface area contributed by atoms with Gasteiger partial charge in [0.2, 0.25) is 10.4 Å². The highest BCUT2D eigenvalue weighted by molar-refractivity contribution is 7.80. The van der Waals surface area contributed by atoms with Crippen LogP contribution in [-0.2, 0) is 19.3 Å². The number of quaternary nitrogens is 1. The average Bonchev–Trinajstić information content (AvgIpc) is 2.79. The molecule has 0 bridgehead atoms. The first-order valence-corrected chi connectivity index (χ1v) is 14.9. The van der Waals surface area contributed by atoms with Gasteiger partial charge >= 0.3 is 0 Å². The second-order valence-corrected chi connectivity index (χ2v) is 10.2. The molecule has 1 aliphatic rings. The molecule has 6 nitrogen and oxygen atoms in total. The highest BCUT2D eigenvalue weighted by Gasteiger charge is 2.25. The molecular formula is C26H53NO5S. The first kappa shape index (κ1) is 32.5. The number of hydrogen-bond donors (Lipinski definition) is 0. The van der Waals surface area contributed by atoms with Crippen LogP contribution in [0.5, 0.6) is 0 Å². The van der Waals surface area contributed by atoms with Gasteiger partial charge in [-0.15, -0.1) is 0 Å². The van der Waals surface area contributed by atoms with Gasteiger partial charge in [0.05, 0.1) is 32.6 Å². The number of hydrogen-bond acceptors (Lipinski definition) is 5. The van der Waals surface area contributed by atoms with Crippen LogP contribution in [0.4, 0.5) is 0 Å². The Morgan fingerprint density at radius 3 is 1.61 bits per heavy atom. The fourth-order valence-corrected chi connectivity index (χ4v) is 4.47. The summed E-state index contributed by atoms with van der Waals surface area (Å²) >= 11 is 0. The van der Waals surface area contributed by atoms with E-state index in [1.807, 2.05) is 0 Å². The first-order valence-electron chi connectivity index (χ1n) is 13.6. The Balaban J connectivity index is 0.00000126. The van der Waals surface area contributed by atoms with E-state index in [1.54, 1.807) is 0 Å². The second-order valence-electron chi connectivity index (χ2n) is 9.18. The number of nitrogens with zero attached hydrogens (tertiary/aromatic N) is 1. The minimum atomic E-state index is -4.42. The van der Waals surface area contributed by atoms with Gasteiger partial charge in [-0.1, -0.05) is 90.4 Å². The molecule has 33 heavy (non-hydrogen) atoms. The zero-order valence-corrected chi connectivity index (χ0v) is 22.7. The van der Waals surface area contributed by atoms with E-state index < -0.39 is 10.4 Å². The molecule has 0 spiro atoms. The summed E-state index contributed by atoms with van der Waals surface area (Å²) in [5.74, 6) is 0. The van der Waals surface area contributed by atoms with Gasteiger partial charge in [0.1, 0.15) is 13.1 Å². The summed E-state index contributed by atoms with van der Waals surface area (Å²) < 4.78 is 38.7. The molecule has 7 heteroatoms. The van der Waals surface area contributed by atoms with E-state index in [0.29, 0.717) is 0 Å². The molecule has 1 rings (SSSR count). The smallest absolute Gasteiger partial charge is 0.217 e. The lowest BCUT2D eigenvalue weighted by molar-refractivity contribution is -0.885. The summed E-state index contributed by atoms with van der Waals surface area (Å²) in [5.41, 5.74) is 0. The predicted octanol–water partition coefficient (Wildman–Crippen LogP) is 6.72. The minimum Gasteiger partial charge on any atom is -0.726 e. The lowest BCUT2D eigenvalue weighted by atomic mass is 10.0. The Kier molecular flexibility index (Phi) is 21.7. The Bertz CT molecular complexity index is 545. The molecule has 1 heterocycles. The van der Waals surface area contributed by atoms with Crippen molar-refractivity contribution < 1.29 is 26.4 Å². The maximum atomic E-state index is 9.45. The molecule has 0 saturated carbocycles. The summed E-state index contributed by atoms with van der Waals surface area (Å²) in [5, 5.41) is 0. The molecule has 1 aliphatic heterocycles. The monoisotopic (exact) mass is 491 g/mol. The van der Waals surface area contributed by atoms with E-state index in [-0.39, 0.29) is 6.61 Å². The molecule has 1 saturated heterocycles. The van der Waals surface area contributed by atoms with E-state index in [1.165, 1.54) is 110 Å². The van der Waals surface area contributed by atoms with Gasteiger partial charge in [0, 0.05) is 0 Å². The van der Waals surface area contributed by atoms with Crippen molar-refractivity contribution in [2.24, 2.45) is 0 Å². The Morgan fingerprint density at radius 1 is 0.788 bits per heavy atom. The number of ether oxygens (including phenoxy) is 1. The predicted molar refractivity (Wildman–Crippen MR) is 137 cm³/mol. The van der Waals surface area contributed by atoms with E-state index in [2.05, 4.69) is 30.3 Å². The molecule has 198 valence electrons. The fraction of sp³-hybridized carbons (Fsp3) is 0.923. The molecular weight excluding hydrogens is 438 g/mol. The van der Waals surface area contributed by atoms with Crippen molar-refractivity contribution in [1.82, 2.24) is 0 Å². The quantitative estimate of drug-likeness (QED) is 0.0867. The van der Waals surface area contributed by atoms with Crippen LogP contribution in [0.25, 0.3) is 0 Å². The highest BCUT2D eigenvalue weighted by Crippen LogP contribution is 2.15. The maximum Gasteiger partial charge on any atom is 0.217 e. The van der Waals surface area contributed by atoms with Crippen LogP contribution >= 0.6 is 0 Å². The molecule has 0 N–H and O–H groups in total. The molecule has 0 aromatic carbocycles. The Hall–Kier alpha value is -0.470. The third-order valence-electron chi connectivity index (χ3n) is 6.40. The van der Waals surface area contributed by atoms with Crippen molar-refractivity contribution in [3.05, 3.63) is 12.3 Å². The lowest BCUT2D eigenvalue weighted by Crippen LogP contribution is -2.50. The average molecular weight is 492 g/mol. The lowest BCUT2D eigenvalue weighted by Gasteiger charge is -2.37. The van der Waals surface area contributed by atoms with Crippen LogP contribution in [0.15, 0.2) is 12.3 Å². The third-order valence-corrected chi connectivity index (χ3v) is 6.92. The van der Waals surface area contributed by atoms with Crippen molar-refractivity contribution in [1.29, 1.82) is 0 Å². The molecule has 1 fully saturated rings. The number of morpholine rings is 1. The van der Waals surface area contributed by atoms with Crippen LogP contribution in [0.3, 0.4) is 0 Å². The van der Waals surface area contributed by atoms with Gasteiger partial charge in [-0.25, -0.2) is 8.42 Å². The van der Waals surface area contributed by atoms with Gasteiger partial charge < -0.3 is 9.29 Å². The topological polar surface area (TPSA) is 75.7 Å². The summed E-state index contributed by atoms with van der Waals surface area (Å²) in [6.45, 7) is 11.3. The minimum absolute atomic E-state index is 0.0914. The highest BCUT2D eigenvalue weighted by atomic mass is 32.3. The van der Waals surface area contributed by atoms with Crippen molar-refractivity contribution in [2.75, 3.05) is 39.5 Å². The molecule has 0 aromatic rings. The van der Waals surface area contributed by atoms with E-state index in [9.17, 15) is 13.0 Å². The first-order chi connectivity index (χ1) is 15.9. The van der Waals surface area contributed by atoms with E-state index in [4.69, 9.17) is 4.74 Å². The molecule has 0 aromatic heterocycles. The summed E-state index contributed by atoms with van der Waals surface area (Å²) in [6.07, 6.45) is 26.4. The van der Waals surface area contributed by atoms with Crippen molar-refractivity contribution >= 4 is 10.4 Å². The number of allylic oxidation sites excluding steroid dienone is 1. The van der Waals surface area contributed by atoms with Gasteiger partial charge in [-0.05, 0) is 32.8 Å². The zero-order chi connectivity index (χ0) is 24.7. The normalized spacial score (nSPS) is 16.0. The third kappa shape index (κ3) is 21.8. The van der Waals surface area contributed by atoms with Crippen LogP contribution in [0.2, 0.25) is 0 Å². The van der Waals surface area contributed by atoms with E-state index in [0.717, 1.165) is 30.8 Å². The van der Waals surface area contributed by atoms with Crippen molar-refractivity contribution in [3.8, 4) is 0 Å². The molecule has 0 unspecified atom stereocenters. The molecule has 0 aliphatic carbocycles. The number of likely N-dealkylation sites (N-methyl/N-ethyl adjacent to an activating group) is 1. The molecule has 0 radical (unpaired) electrons. The largest absolute Gasteiger partial charge is 0.726 e. The Labute approximate surface area is 205 Å². The van der Waals surface area contributed by atoms with Crippen LogP contribution < -0.4 is 0 Å². The van der Waals surface area contributed by atoms with Gasteiger partial charge in [0.15, 0.2) is 0 Å². The summed E-state index contributed by atoms with van der Waals surface area (Å²) in [4.78, 5) is 0.